The first-order valence-corrected chi connectivity index (χ1v) is 21.7. The Hall–Kier alpha value is -8.67. The third kappa shape index (κ3) is 5.68. The van der Waals surface area contributed by atoms with Gasteiger partial charge in [-0.1, -0.05) is 176 Å². The van der Waals surface area contributed by atoms with Crippen LogP contribution in [-0.4, -0.2) is 24.1 Å². The van der Waals surface area contributed by atoms with Crippen LogP contribution in [0.15, 0.2) is 224 Å². The molecule has 0 aliphatic rings. The fraction of sp³-hybridized carbons (Fsp3) is 0. The average molecular weight is 816 g/mol. The van der Waals surface area contributed by atoms with Crippen molar-refractivity contribution in [2.24, 2.45) is 0 Å². The smallest absolute Gasteiger partial charge is 0.164 e. The van der Waals surface area contributed by atoms with Crippen LogP contribution in [0.2, 0.25) is 0 Å². The largest absolute Gasteiger partial charge is 0.309 e. The van der Waals surface area contributed by atoms with Crippen molar-refractivity contribution in [3.8, 4) is 56.7 Å². The molecule has 0 atom stereocenters. The van der Waals surface area contributed by atoms with Crippen LogP contribution in [0.25, 0.3) is 122 Å². The molecule has 0 bridgehead atoms. The van der Waals surface area contributed by atoms with Gasteiger partial charge in [0.25, 0.3) is 0 Å². The minimum Gasteiger partial charge on any atom is -0.309 e. The lowest BCUT2D eigenvalue weighted by Crippen LogP contribution is -2.02. The number of para-hydroxylation sites is 2. The van der Waals surface area contributed by atoms with E-state index in [2.05, 4.69) is 209 Å². The average Bonchev–Trinajstić information content (AvgIpc) is 3.88. The number of hydrogen-bond donors (Lipinski definition) is 0. The van der Waals surface area contributed by atoms with Crippen LogP contribution in [0.3, 0.4) is 0 Å². The highest BCUT2D eigenvalue weighted by molar-refractivity contribution is 6.23. The summed E-state index contributed by atoms with van der Waals surface area (Å²) >= 11 is 0. The Balaban J connectivity index is 1.06. The van der Waals surface area contributed by atoms with Gasteiger partial charge < -0.3 is 9.13 Å². The lowest BCUT2D eigenvalue weighted by Gasteiger charge is -2.15. The molecule has 13 rings (SSSR count). The molecule has 0 radical (unpaired) electrons. The third-order valence-corrected chi connectivity index (χ3v) is 12.7. The number of fused-ring (bicyclic) bond motifs is 9. The molecular formula is C59H37N5. The van der Waals surface area contributed by atoms with Gasteiger partial charge in [-0.3, -0.25) is 0 Å². The first-order valence-electron chi connectivity index (χ1n) is 21.7. The Kier molecular flexibility index (Phi) is 8.15. The summed E-state index contributed by atoms with van der Waals surface area (Å²) in [6, 6.07) is 79.8. The van der Waals surface area contributed by atoms with E-state index in [0.29, 0.717) is 17.5 Å². The van der Waals surface area contributed by atoms with E-state index in [9.17, 15) is 0 Å². The predicted octanol–water partition coefficient (Wildman–Crippen LogP) is 15.0. The van der Waals surface area contributed by atoms with Gasteiger partial charge in [-0.05, 0) is 70.4 Å². The van der Waals surface area contributed by atoms with E-state index in [1.165, 1.54) is 37.8 Å². The maximum absolute atomic E-state index is 5.26. The monoisotopic (exact) mass is 815 g/mol. The predicted molar refractivity (Wildman–Crippen MR) is 265 cm³/mol. The minimum atomic E-state index is 0.625. The summed E-state index contributed by atoms with van der Waals surface area (Å²) in [5.41, 5.74) is 12.0. The van der Waals surface area contributed by atoms with E-state index in [4.69, 9.17) is 15.0 Å². The maximum Gasteiger partial charge on any atom is 0.164 e. The molecule has 64 heavy (non-hydrogen) atoms. The van der Waals surface area contributed by atoms with Crippen molar-refractivity contribution in [3.63, 3.8) is 0 Å². The van der Waals surface area contributed by atoms with E-state index in [-0.39, 0.29) is 0 Å². The first kappa shape index (κ1) is 36.0. The van der Waals surface area contributed by atoms with Gasteiger partial charge in [-0.2, -0.15) is 0 Å². The number of rotatable bonds is 6. The molecule has 10 aromatic carbocycles. The maximum atomic E-state index is 5.26. The van der Waals surface area contributed by atoms with E-state index >= 15 is 0 Å². The number of benzene rings is 10. The van der Waals surface area contributed by atoms with E-state index in [0.717, 1.165) is 66.5 Å². The quantitative estimate of drug-likeness (QED) is 0.168. The Morgan fingerprint density at radius 2 is 0.859 bits per heavy atom. The summed E-state index contributed by atoms with van der Waals surface area (Å²) in [6.07, 6.45) is 0. The van der Waals surface area contributed by atoms with E-state index in [1.54, 1.807) is 0 Å². The van der Waals surface area contributed by atoms with Crippen LogP contribution in [0.4, 0.5) is 0 Å². The normalized spacial score (nSPS) is 11.8. The fourth-order valence-electron chi connectivity index (χ4n) is 9.83. The first-order chi connectivity index (χ1) is 31.7. The Morgan fingerprint density at radius 1 is 0.281 bits per heavy atom. The van der Waals surface area contributed by atoms with Crippen molar-refractivity contribution in [2.45, 2.75) is 0 Å². The molecule has 0 aliphatic heterocycles. The standard InChI is InChI=1S/C59H37N5/c1-4-17-38(18-5-1)41-22-16-23-42(35-41)58-60-57(40-20-6-2-7-21-40)61-59(62-58)49-33-34-53(46-28-13-12-27-45(46)49)64-52-30-15-14-29-47(52)50-36-51-48-32-31-39-19-10-11-26-44(39)56(48)63(54(51)37-55(50)64)43-24-8-3-9-25-43/h1-37H. The van der Waals surface area contributed by atoms with Crippen LogP contribution < -0.4 is 0 Å². The highest BCUT2D eigenvalue weighted by atomic mass is 15.0. The molecule has 0 N–H and O–H groups in total. The molecule has 0 unspecified atom stereocenters. The van der Waals surface area contributed by atoms with Crippen molar-refractivity contribution in [1.29, 1.82) is 0 Å². The molecule has 0 saturated carbocycles. The molecule has 0 aliphatic carbocycles. The zero-order valence-electron chi connectivity index (χ0n) is 34.6. The second kappa shape index (κ2) is 14.5. The summed E-state index contributed by atoms with van der Waals surface area (Å²) in [6.45, 7) is 0. The summed E-state index contributed by atoms with van der Waals surface area (Å²) in [5, 5.41) is 9.52. The van der Waals surface area contributed by atoms with Gasteiger partial charge in [0.05, 0.1) is 27.8 Å². The Bertz CT molecular complexity index is 3940. The molecule has 298 valence electrons. The number of hydrogen-bond acceptors (Lipinski definition) is 3. The van der Waals surface area contributed by atoms with Crippen molar-refractivity contribution >= 4 is 65.2 Å². The van der Waals surface area contributed by atoms with Crippen molar-refractivity contribution in [1.82, 2.24) is 24.1 Å². The van der Waals surface area contributed by atoms with Crippen molar-refractivity contribution in [2.75, 3.05) is 0 Å². The molecule has 3 heterocycles. The molecule has 0 fully saturated rings. The van der Waals surface area contributed by atoms with Gasteiger partial charge in [0.1, 0.15) is 0 Å². The molecule has 5 heteroatoms. The molecule has 0 spiro atoms. The molecule has 3 aromatic heterocycles. The van der Waals surface area contributed by atoms with Gasteiger partial charge in [0, 0.05) is 54.7 Å². The minimum absolute atomic E-state index is 0.625. The summed E-state index contributed by atoms with van der Waals surface area (Å²) in [5.74, 6) is 1.88. The second-order valence-corrected chi connectivity index (χ2v) is 16.4. The van der Waals surface area contributed by atoms with Gasteiger partial charge in [0.2, 0.25) is 0 Å². The summed E-state index contributed by atoms with van der Waals surface area (Å²) in [7, 11) is 0. The lowest BCUT2D eigenvalue weighted by atomic mass is 10.0. The highest BCUT2D eigenvalue weighted by Crippen LogP contribution is 2.43. The van der Waals surface area contributed by atoms with Gasteiger partial charge in [-0.25, -0.2) is 15.0 Å². The SMILES string of the molecule is c1ccc(-c2cccc(-c3nc(-c4ccccc4)nc(-c4ccc(-n5c6ccccc6c6cc7c8ccc9ccccc9c8n(-c8ccccc8)c7cc65)c5ccccc45)n3)c2)cc1. The lowest BCUT2D eigenvalue weighted by molar-refractivity contribution is 1.08. The zero-order valence-corrected chi connectivity index (χ0v) is 34.6. The zero-order chi connectivity index (χ0) is 42.1. The van der Waals surface area contributed by atoms with Crippen molar-refractivity contribution < 1.29 is 0 Å². The van der Waals surface area contributed by atoms with E-state index < -0.39 is 0 Å². The molecule has 13 aromatic rings. The summed E-state index contributed by atoms with van der Waals surface area (Å²) in [4.78, 5) is 15.6. The van der Waals surface area contributed by atoms with Crippen LogP contribution in [-0.2, 0) is 0 Å². The van der Waals surface area contributed by atoms with Crippen molar-refractivity contribution in [3.05, 3.63) is 224 Å². The van der Waals surface area contributed by atoms with Gasteiger partial charge in [-0.15, -0.1) is 0 Å². The van der Waals surface area contributed by atoms with Crippen LogP contribution >= 0.6 is 0 Å². The van der Waals surface area contributed by atoms with Gasteiger partial charge in [0.15, 0.2) is 17.5 Å². The number of nitrogens with zero attached hydrogens (tertiary/aromatic N) is 5. The van der Waals surface area contributed by atoms with E-state index in [1.807, 2.05) is 24.3 Å². The molecular weight excluding hydrogens is 779 g/mol. The molecule has 5 nitrogen and oxygen atoms in total. The van der Waals surface area contributed by atoms with Gasteiger partial charge >= 0.3 is 0 Å². The highest BCUT2D eigenvalue weighted by Gasteiger charge is 2.22. The second-order valence-electron chi connectivity index (χ2n) is 16.4. The molecule has 0 saturated heterocycles. The third-order valence-electron chi connectivity index (χ3n) is 12.7. The van der Waals surface area contributed by atoms with Crippen LogP contribution in [0.5, 0.6) is 0 Å². The van der Waals surface area contributed by atoms with Crippen LogP contribution in [0.1, 0.15) is 0 Å². The molecule has 0 amide bonds. The Morgan fingerprint density at radius 3 is 1.66 bits per heavy atom. The number of aromatic nitrogens is 5. The van der Waals surface area contributed by atoms with Crippen LogP contribution in [0, 0.1) is 0 Å². The topological polar surface area (TPSA) is 48.5 Å². The summed E-state index contributed by atoms with van der Waals surface area (Å²) < 4.78 is 4.90. The fourth-order valence-corrected chi connectivity index (χ4v) is 9.83. The Labute approximate surface area is 368 Å².